The van der Waals surface area contributed by atoms with Gasteiger partial charge in [0.05, 0.1) is 6.04 Å². The lowest BCUT2D eigenvalue weighted by Crippen LogP contribution is -2.26. The number of hydrogen-bond donors (Lipinski definition) is 2. The summed E-state index contributed by atoms with van der Waals surface area (Å²) in [7, 11) is 0. The number of hydrogen-bond acceptors (Lipinski definition) is 2. The minimum atomic E-state index is -0.0243. The summed E-state index contributed by atoms with van der Waals surface area (Å²) in [5.74, 6) is 0.122. The van der Waals surface area contributed by atoms with Gasteiger partial charge in [0.1, 0.15) is 0 Å². The summed E-state index contributed by atoms with van der Waals surface area (Å²) in [6, 6.07) is 7.66. The monoisotopic (exact) mass is 276 g/mol. The maximum atomic E-state index is 11.9. The van der Waals surface area contributed by atoms with Crippen LogP contribution >= 0.6 is 0 Å². The maximum Gasteiger partial charge on any atom is 0.220 e. The predicted octanol–water partition coefficient (Wildman–Crippen LogP) is 4.20. The second-order valence-corrected chi connectivity index (χ2v) is 5.44. The molecule has 0 heterocycles. The number of benzene rings is 1. The molecule has 0 aliphatic carbocycles. The summed E-state index contributed by atoms with van der Waals surface area (Å²) in [4.78, 5) is 11.9. The molecule has 0 saturated carbocycles. The summed E-state index contributed by atoms with van der Waals surface area (Å²) in [5.41, 5.74) is 7.64. The number of nitrogens with one attached hydrogen (secondary N) is 1. The average Bonchev–Trinajstić information content (AvgIpc) is 2.43. The molecule has 3 N–H and O–H groups in total. The Labute approximate surface area is 122 Å². The van der Waals surface area contributed by atoms with Crippen LogP contribution in [0, 0.1) is 0 Å². The van der Waals surface area contributed by atoms with Gasteiger partial charge < -0.3 is 11.1 Å². The van der Waals surface area contributed by atoms with Crippen LogP contribution < -0.4 is 11.1 Å². The number of nitrogens with two attached hydrogens (primary N) is 1. The van der Waals surface area contributed by atoms with Crippen molar-refractivity contribution in [2.45, 2.75) is 64.8 Å². The van der Waals surface area contributed by atoms with Gasteiger partial charge in [0.25, 0.3) is 0 Å². The fraction of sp³-hybridized carbons (Fsp3) is 0.588. The third kappa shape index (κ3) is 6.09. The second-order valence-electron chi connectivity index (χ2n) is 5.44. The zero-order valence-corrected chi connectivity index (χ0v) is 12.8. The summed E-state index contributed by atoms with van der Waals surface area (Å²) in [6.45, 7) is 4.19. The van der Waals surface area contributed by atoms with Gasteiger partial charge in [-0.2, -0.15) is 0 Å². The van der Waals surface area contributed by atoms with Crippen LogP contribution in [0.3, 0.4) is 0 Å². The van der Waals surface area contributed by atoms with Crippen molar-refractivity contribution in [3.8, 4) is 0 Å². The largest absolute Gasteiger partial charge is 0.398 e. The average molecular weight is 276 g/mol. The van der Waals surface area contributed by atoms with E-state index in [9.17, 15) is 4.79 Å². The first-order valence-electron chi connectivity index (χ1n) is 7.79. The van der Waals surface area contributed by atoms with Gasteiger partial charge in [-0.05, 0) is 25.0 Å². The highest BCUT2D eigenvalue weighted by Gasteiger charge is 2.11. The molecule has 20 heavy (non-hydrogen) atoms. The Hall–Kier alpha value is -1.51. The Bertz CT molecular complexity index is 404. The minimum Gasteiger partial charge on any atom is -0.398 e. The van der Waals surface area contributed by atoms with Gasteiger partial charge in [-0.25, -0.2) is 0 Å². The molecule has 1 unspecified atom stereocenters. The molecule has 1 rings (SSSR count). The molecule has 0 aliphatic heterocycles. The third-order valence-corrected chi connectivity index (χ3v) is 3.60. The molecule has 0 saturated heterocycles. The number of unbranched alkanes of at least 4 members (excludes halogenated alkanes) is 5. The third-order valence-electron chi connectivity index (χ3n) is 3.60. The molecule has 1 atom stereocenters. The first-order valence-corrected chi connectivity index (χ1v) is 7.79. The highest BCUT2D eigenvalue weighted by atomic mass is 16.1. The maximum absolute atomic E-state index is 11.9. The molecular weight excluding hydrogens is 248 g/mol. The van der Waals surface area contributed by atoms with Crippen molar-refractivity contribution in [3.05, 3.63) is 29.8 Å². The van der Waals surface area contributed by atoms with Gasteiger partial charge in [0, 0.05) is 12.1 Å². The molecule has 0 fully saturated rings. The van der Waals surface area contributed by atoms with Crippen LogP contribution in [0.25, 0.3) is 0 Å². The van der Waals surface area contributed by atoms with Crippen molar-refractivity contribution in [2.75, 3.05) is 5.73 Å². The van der Waals surface area contributed by atoms with E-state index in [1.165, 1.54) is 25.7 Å². The van der Waals surface area contributed by atoms with Gasteiger partial charge in [0.15, 0.2) is 0 Å². The number of rotatable bonds is 9. The number of carbonyl (C=O) groups is 1. The van der Waals surface area contributed by atoms with Crippen LogP contribution in [0.2, 0.25) is 0 Å². The summed E-state index contributed by atoms with van der Waals surface area (Å²) in [5, 5.41) is 3.02. The fourth-order valence-electron chi connectivity index (χ4n) is 2.36. The zero-order valence-electron chi connectivity index (χ0n) is 12.8. The summed E-state index contributed by atoms with van der Waals surface area (Å²) < 4.78 is 0. The van der Waals surface area contributed by atoms with Crippen molar-refractivity contribution >= 4 is 11.6 Å². The van der Waals surface area contributed by atoms with Gasteiger partial charge in [-0.3, -0.25) is 4.79 Å². The molecule has 0 spiro atoms. The Kier molecular flexibility index (Phi) is 7.78. The Morgan fingerprint density at radius 1 is 1.15 bits per heavy atom. The molecule has 0 radical (unpaired) electrons. The van der Waals surface area contributed by atoms with E-state index >= 15 is 0 Å². The van der Waals surface area contributed by atoms with E-state index in [1.54, 1.807) is 0 Å². The highest BCUT2D eigenvalue weighted by Crippen LogP contribution is 2.19. The molecule has 0 aromatic heterocycles. The predicted molar refractivity (Wildman–Crippen MR) is 85.4 cm³/mol. The van der Waals surface area contributed by atoms with E-state index in [4.69, 9.17) is 5.73 Å². The Morgan fingerprint density at radius 3 is 2.50 bits per heavy atom. The molecule has 1 aromatic rings. The molecule has 0 aliphatic rings. The Balaban J connectivity index is 2.23. The van der Waals surface area contributed by atoms with Crippen LogP contribution in [-0.4, -0.2) is 5.91 Å². The van der Waals surface area contributed by atoms with Crippen LogP contribution in [0.1, 0.15) is 70.4 Å². The van der Waals surface area contributed by atoms with Crippen molar-refractivity contribution < 1.29 is 4.79 Å². The van der Waals surface area contributed by atoms with Crippen LogP contribution in [0.15, 0.2) is 24.3 Å². The van der Waals surface area contributed by atoms with E-state index in [1.807, 2.05) is 31.2 Å². The molecular formula is C17H28N2O. The lowest BCUT2D eigenvalue weighted by Gasteiger charge is -2.16. The SMILES string of the molecule is CCCCCCCCC(=O)NC(C)c1ccccc1N. The van der Waals surface area contributed by atoms with E-state index in [-0.39, 0.29) is 11.9 Å². The van der Waals surface area contributed by atoms with Crippen molar-refractivity contribution in [3.63, 3.8) is 0 Å². The van der Waals surface area contributed by atoms with Crippen LogP contribution in [0.5, 0.6) is 0 Å². The molecule has 1 amide bonds. The number of amides is 1. The summed E-state index contributed by atoms with van der Waals surface area (Å²) in [6.07, 6.45) is 7.83. The van der Waals surface area contributed by atoms with Gasteiger partial charge in [-0.1, -0.05) is 57.2 Å². The first kappa shape index (κ1) is 16.5. The molecule has 3 nitrogen and oxygen atoms in total. The quantitative estimate of drug-likeness (QED) is 0.524. The van der Waals surface area contributed by atoms with E-state index in [2.05, 4.69) is 12.2 Å². The second kappa shape index (κ2) is 9.40. The van der Waals surface area contributed by atoms with Gasteiger partial charge >= 0.3 is 0 Å². The zero-order chi connectivity index (χ0) is 14.8. The normalized spacial score (nSPS) is 12.1. The highest BCUT2D eigenvalue weighted by molar-refractivity contribution is 5.76. The Morgan fingerprint density at radius 2 is 1.80 bits per heavy atom. The van der Waals surface area contributed by atoms with Gasteiger partial charge in [-0.15, -0.1) is 0 Å². The van der Waals surface area contributed by atoms with Crippen molar-refractivity contribution in [2.24, 2.45) is 0 Å². The van der Waals surface area contributed by atoms with Crippen molar-refractivity contribution in [1.29, 1.82) is 0 Å². The number of carbonyl (C=O) groups excluding carboxylic acids is 1. The van der Waals surface area contributed by atoms with Gasteiger partial charge in [0.2, 0.25) is 5.91 Å². The molecule has 1 aromatic carbocycles. The van der Waals surface area contributed by atoms with E-state index < -0.39 is 0 Å². The topological polar surface area (TPSA) is 55.1 Å². The fourth-order valence-corrected chi connectivity index (χ4v) is 2.36. The number of nitrogen functional groups attached to an aromatic ring is 1. The minimum absolute atomic E-state index is 0.0243. The van der Waals surface area contributed by atoms with E-state index in [0.717, 1.165) is 24.1 Å². The molecule has 112 valence electrons. The first-order chi connectivity index (χ1) is 9.65. The standard InChI is InChI=1S/C17H28N2O/c1-3-4-5-6-7-8-13-17(20)19-14(2)15-11-9-10-12-16(15)18/h9-12,14H,3-8,13,18H2,1-2H3,(H,19,20). The number of para-hydroxylation sites is 1. The molecule has 3 heteroatoms. The van der Waals surface area contributed by atoms with Crippen LogP contribution in [-0.2, 0) is 4.79 Å². The lowest BCUT2D eigenvalue weighted by atomic mass is 10.1. The molecule has 0 bridgehead atoms. The van der Waals surface area contributed by atoms with E-state index in [0.29, 0.717) is 6.42 Å². The smallest absolute Gasteiger partial charge is 0.220 e. The van der Waals surface area contributed by atoms with Crippen LogP contribution in [0.4, 0.5) is 5.69 Å². The lowest BCUT2D eigenvalue weighted by molar-refractivity contribution is -0.121. The van der Waals surface area contributed by atoms with Crippen molar-refractivity contribution in [1.82, 2.24) is 5.32 Å². The number of anilines is 1. The summed E-state index contributed by atoms with van der Waals surface area (Å²) >= 11 is 0.